The molecule has 5 rings (SSSR count). The Morgan fingerprint density at radius 1 is 1.17 bits per heavy atom. The fraction of sp³-hybridized carbons (Fsp3) is 0.308. The molecule has 1 aliphatic rings. The molecule has 2 aromatic carbocycles. The lowest BCUT2D eigenvalue weighted by Gasteiger charge is -2.14. The molecular weight excluding hydrogens is 471 g/mol. The smallest absolute Gasteiger partial charge is 0.343 e. The lowest BCUT2D eigenvalue weighted by molar-refractivity contribution is 0.0524. The molecule has 0 aliphatic carbocycles. The summed E-state index contributed by atoms with van der Waals surface area (Å²) in [5.41, 5.74) is 1.51. The Balaban J connectivity index is 1.50. The Morgan fingerprint density at radius 3 is 2.74 bits per heavy atom. The molecule has 0 saturated carbocycles. The lowest BCUT2D eigenvalue weighted by atomic mass is 10.1. The molecule has 3 heterocycles. The molecule has 0 bridgehead atoms. The number of carbonyl (C=O) groups excluding carboxylic acids is 1. The number of aryl methyl sites for hydroxylation is 2. The van der Waals surface area contributed by atoms with Crippen LogP contribution >= 0.6 is 11.6 Å². The monoisotopic (exact) mass is 494 g/mol. The number of benzene rings is 2. The van der Waals surface area contributed by atoms with Crippen molar-refractivity contribution in [2.75, 3.05) is 6.61 Å². The van der Waals surface area contributed by atoms with Crippen molar-refractivity contribution in [2.24, 2.45) is 0 Å². The molecule has 0 unspecified atom stereocenters. The second kappa shape index (κ2) is 9.62. The van der Waals surface area contributed by atoms with Gasteiger partial charge in [0.25, 0.3) is 0 Å². The molecule has 0 radical (unpaired) electrons. The number of hydrogen-bond acceptors (Lipinski definition) is 5. The first-order valence-electron chi connectivity index (χ1n) is 11.7. The zero-order valence-electron chi connectivity index (χ0n) is 19.3. The Labute approximate surface area is 206 Å². The number of carbonyl (C=O) groups is 1. The number of halogens is 2. The highest BCUT2D eigenvalue weighted by molar-refractivity contribution is 6.31. The van der Waals surface area contributed by atoms with Gasteiger partial charge >= 0.3 is 5.97 Å². The van der Waals surface area contributed by atoms with E-state index in [0.29, 0.717) is 17.9 Å². The molecule has 0 saturated heterocycles. The number of esters is 1. The van der Waals surface area contributed by atoms with Crippen molar-refractivity contribution >= 4 is 28.5 Å². The van der Waals surface area contributed by atoms with E-state index < -0.39 is 17.2 Å². The third-order valence-electron chi connectivity index (χ3n) is 6.20. The van der Waals surface area contributed by atoms with E-state index in [1.54, 1.807) is 11.5 Å². The molecule has 0 N–H and O–H groups in total. The minimum absolute atomic E-state index is 0.0674. The third-order valence-corrected chi connectivity index (χ3v) is 6.49. The average Bonchev–Trinajstić information content (AvgIpc) is 3.12. The maximum Gasteiger partial charge on any atom is 0.343 e. The Kier molecular flexibility index (Phi) is 6.38. The topological polar surface area (TPSA) is 79.0 Å². The molecule has 0 amide bonds. The van der Waals surface area contributed by atoms with Crippen LogP contribution in [-0.2, 0) is 24.2 Å². The fourth-order valence-corrected chi connectivity index (χ4v) is 4.57. The standard InChI is InChI=1S/C26H24ClFN4O3/c1-2-35-26(34)19-15-31(22-13-20(27)21(28)12-18(22)24(19)33)14-16-7-9-17(10-8-16)25-29-23-6-4-3-5-11-32(23)30-25/h7-10,12-13,15H,2-6,11,14H2,1H3. The molecule has 1 aliphatic heterocycles. The largest absolute Gasteiger partial charge is 0.462 e. The van der Waals surface area contributed by atoms with Crippen molar-refractivity contribution in [3.8, 4) is 11.4 Å². The molecule has 0 fully saturated rings. The lowest BCUT2D eigenvalue weighted by Crippen LogP contribution is -2.21. The first kappa shape index (κ1) is 23.2. The highest BCUT2D eigenvalue weighted by Crippen LogP contribution is 2.24. The van der Waals surface area contributed by atoms with E-state index in [0.717, 1.165) is 48.8 Å². The van der Waals surface area contributed by atoms with Gasteiger partial charge in [0.2, 0.25) is 5.43 Å². The zero-order valence-corrected chi connectivity index (χ0v) is 20.0. The van der Waals surface area contributed by atoms with Crippen molar-refractivity contribution in [1.29, 1.82) is 0 Å². The van der Waals surface area contributed by atoms with Gasteiger partial charge in [-0.3, -0.25) is 4.79 Å². The molecule has 35 heavy (non-hydrogen) atoms. The molecule has 9 heteroatoms. The first-order chi connectivity index (χ1) is 16.9. The Morgan fingerprint density at radius 2 is 1.97 bits per heavy atom. The van der Waals surface area contributed by atoms with Crippen LogP contribution in [0.15, 0.2) is 47.4 Å². The van der Waals surface area contributed by atoms with Crippen LogP contribution in [0.1, 0.15) is 47.9 Å². The van der Waals surface area contributed by atoms with Gasteiger partial charge < -0.3 is 9.30 Å². The van der Waals surface area contributed by atoms with Gasteiger partial charge in [0.1, 0.15) is 17.2 Å². The van der Waals surface area contributed by atoms with E-state index in [1.165, 1.54) is 18.7 Å². The molecule has 180 valence electrons. The number of aromatic nitrogens is 4. The summed E-state index contributed by atoms with van der Waals surface area (Å²) in [7, 11) is 0. The maximum atomic E-state index is 14.2. The summed E-state index contributed by atoms with van der Waals surface area (Å²) in [4.78, 5) is 30.0. The van der Waals surface area contributed by atoms with Crippen molar-refractivity contribution in [3.63, 3.8) is 0 Å². The zero-order chi connectivity index (χ0) is 24.5. The van der Waals surface area contributed by atoms with Gasteiger partial charge in [0.05, 0.1) is 17.1 Å². The number of nitrogens with zero attached hydrogens (tertiary/aromatic N) is 4. The van der Waals surface area contributed by atoms with Gasteiger partial charge in [-0.1, -0.05) is 42.3 Å². The molecule has 4 aromatic rings. The van der Waals surface area contributed by atoms with Crippen LogP contribution in [-0.4, -0.2) is 31.9 Å². The van der Waals surface area contributed by atoms with Gasteiger partial charge in [-0.05, 0) is 37.5 Å². The molecular formula is C26H24ClFN4O3. The SMILES string of the molecule is CCOC(=O)c1cn(Cc2ccc(-c3nc4n(n3)CCCCC4)cc2)c2cc(Cl)c(F)cc2c1=O. The molecule has 0 spiro atoms. The Bertz CT molecular complexity index is 1450. The predicted molar refractivity (Wildman–Crippen MR) is 131 cm³/mol. The minimum atomic E-state index is -0.746. The number of hydrogen-bond donors (Lipinski definition) is 0. The summed E-state index contributed by atoms with van der Waals surface area (Å²) in [6.07, 6.45) is 5.83. The van der Waals surface area contributed by atoms with Crippen LogP contribution < -0.4 is 5.43 Å². The van der Waals surface area contributed by atoms with Crippen LogP contribution in [0.2, 0.25) is 5.02 Å². The van der Waals surface area contributed by atoms with E-state index in [9.17, 15) is 14.0 Å². The molecule has 7 nitrogen and oxygen atoms in total. The van der Waals surface area contributed by atoms with Crippen LogP contribution in [0.5, 0.6) is 0 Å². The number of pyridine rings is 1. The van der Waals surface area contributed by atoms with Crippen molar-refractivity contribution < 1.29 is 13.9 Å². The van der Waals surface area contributed by atoms with Gasteiger partial charge in [0.15, 0.2) is 5.82 Å². The number of ether oxygens (including phenoxy) is 1. The van der Waals surface area contributed by atoms with Gasteiger partial charge in [0, 0.05) is 36.7 Å². The van der Waals surface area contributed by atoms with Gasteiger partial charge in [-0.15, -0.1) is 0 Å². The summed E-state index contributed by atoms with van der Waals surface area (Å²) in [5.74, 6) is 0.259. The highest BCUT2D eigenvalue weighted by Gasteiger charge is 2.19. The normalized spacial score (nSPS) is 13.5. The first-order valence-corrected chi connectivity index (χ1v) is 12.0. The molecule has 2 aromatic heterocycles. The predicted octanol–water partition coefficient (Wildman–Crippen LogP) is 5.00. The maximum absolute atomic E-state index is 14.2. The number of rotatable bonds is 5. The summed E-state index contributed by atoms with van der Waals surface area (Å²) in [6, 6.07) is 10.3. The summed E-state index contributed by atoms with van der Waals surface area (Å²) in [5, 5.41) is 4.64. The van der Waals surface area contributed by atoms with E-state index >= 15 is 0 Å². The van der Waals surface area contributed by atoms with Crippen molar-refractivity contribution in [1.82, 2.24) is 19.3 Å². The second-order valence-electron chi connectivity index (χ2n) is 8.59. The van der Waals surface area contributed by atoms with Crippen LogP contribution in [0.3, 0.4) is 0 Å². The van der Waals surface area contributed by atoms with Crippen LogP contribution in [0.25, 0.3) is 22.3 Å². The Hall–Kier alpha value is -3.52. The van der Waals surface area contributed by atoms with Crippen LogP contribution in [0.4, 0.5) is 4.39 Å². The van der Waals surface area contributed by atoms with E-state index in [-0.39, 0.29) is 22.6 Å². The molecule has 0 atom stereocenters. The van der Waals surface area contributed by atoms with E-state index in [1.807, 2.05) is 28.9 Å². The summed E-state index contributed by atoms with van der Waals surface area (Å²) in [6.45, 7) is 3.01. The van der Waals surface area contributed by atoms with Crippen LogP contribution in [0, 0.1) is 5.82 Å². The second-order valence-corrected chi connectivity index (χ2v) is 8.99. The summed E-state index contributed by atoms with van der Waals surface area (Å²) < 4.78 is 22.9. The van der Waals surface area contributed by atoms with Gasteiger partial charge in [-0.25, -0.2) is 18.9 Å². The number of fused-ring (bicyclic) bond motifs is 2. The average molecular weight is 495 g/mol. The fourth-order valence-electron chi connectivity index (χ4n) is 4.41. The van der Waals surface area contributed by atoms with Crippen molar-refractivity contribution in [3.05, 3.63) is 80.6 Å². The van der Waals surface area contributed by atoms with Gasteiger partial charge in [-0.2, -0.15) is 5.10 Å². The van der Waals surface area contributed by atoms with E-state index in [2.05, 4.69) is 5.10 Å². The third kappa shape index (κ3) is 4.58. The quantitative estimate of drug-likeness (QED) is 0.365. The minimum Gasteiger partial charge on any atom is -0.462 e. The summed E-state index contributed by atoms with van der Waals surface area (Å²) >= 11 is 6.01. The van der Waals surface area contributed by atoms with Crippen molar-refractivity contribution in [2.45, 2.75) is 45.7 Å². The highest BCUT2D eigenvalue weighted by atomic mass is 35.5. The van der Waals surface area contributed by atoms with E-state index in [4.69, 9.17) is 21.3 Å².